The van der Waals surface area contributed by atoms with Gasteiger partial charge in [0, 0.05) is 12.6 Å². The van der Waals surface area contributed by atoms with Gasteiger partial charge in [-0.1, -0.05) is 0 Å². The number of anilines is 2. The summed E-state index contributed by atoms with van der Waals surface area (Å²) in [5.74, 6) is 0.913. The summed E-state index contributed by atoms with van der Waals surface area (Å²) in [5.41, 5.74) is 5.39. The Hall–Kier alpha value is -1.30. The summed E-state index contributed by atoms with van der Waals surface area (Å²) in [6.07, 6.45) is 1.06. The van der Waals surface area contributed by atoms with E-state index in [2.05, 4.69) is 46.3 Å². The summed E-state index contributed by atoms with van der Waals surface area (Å²) >= 11 is 0. The maximum atomic E-state index is 5.39. The van der Waals surface area contributed by atoms with E-state index >= 15 is 0 Å². The van der Waals surface area contributed by atoms with Crippen molar-refractivity contribution in [1.29, 1.82) is 0 Å². The van der Waals surface area contributed by atoms with Gasteiger partial charge in [0.1, 0.15) is 0 Å². The molecule has 0 fully saturated rings. The van der Waals surface area contributed by atoms with Crippen molar-refractivity contribution in [3.8, 4) is 0 Å². The van der Waals surface area contributed by atoms with Crippen LogP contribution in [-0.2, 0) is 0 Å². The van der Waals surface area contributed by atoms with E-state index in [1.54, 1.807) is 0 Å². The Bertz CT molecular complexity index is 282. The summed E-state index contributed by atoms with van der Waals surface area (Å²) in [7, 11) is 2.12. The molecular formula is C9H20N6. The van der Waals surface area contributed by atoms with Crippen LogP contribution in [0.5, 0.6) is 0 Å². The molecule has 1 aromatic rings. The maximum absolute atomic E-state index is 5.39. The van der Waals surface area contributed by atoms with Crippen molar-refractivity contribution in [1.82, 2.24) is 20.1 Å². The van der Waals surface area contributed by atoms with Gasteiger partial charge < -0.3 is 16.0 Å². The first kappa shape index (κ1) is 11.8. The Morgan fingerprint density at radius 2 is 2.27 bits per heavy atom. The van der Waals surface area contributed by atoms with Gasteiger partial charge in [0.05, 0.1) is 0 Å². The number of aromatic nitrogens is 3. The third kappa shape index (κ3) is 4.16. The molecular weight excluding hydrogens is 192 g/mol. The largest absolute Gasteiger partial charge is 0.368 e. The van der Waals surface area contributed by atoms with Crippen LogP contribution >= 0.6 is 0 Å². The minimum absolute atomic E-state index is 0.344. The Morgan fingerprint density at radius 3 is 2.80 bits per heavy atom. The minimum Gasteiger partial charge on any atom is -0.368 e. The van der Waals surface area contributed by atoms with Gasteiger partial charge in [0.25, 0.3) is 0 Å². The van der Waals surface area contributed by atoms with Gasteiger partial charge in [0.15, 0.2) is 0 Å². The highest BCUT2D eigenvalue weighted by Crippen LogP contribution is 1.99. The highest BCUT2D eigenvalue weighted by molar-refractivity contribution is 5.29. The molecule has 4 N–H and O–H groups in total. The van der Waals surface area contributed by atoms with Crippen molar-refractivity contribution < 1.29 is 0 Å². The molecule has 6 nitrogen and oxygen atoms in total. The lowest BCUT2D eigenvalue weighted by atomic mass is 10.3. The van der Waals surface area contributed by atoms with Crippen LogP contribution < -0.4 is 11.1 Å². The fraction of sp³-hybridized carbons (Fsp3) is 0.778. The number of nitrogens with zero attached hydrogens (tertiary/aromatic N) is 3. The second-order valence-corrected chi connectivity index (χ2v) is 3.90. The van der Waals surface area contributed by atoms with Crippen molar-refractivity contribution >= 4 is 11.9 Å². The highest BCUT2D eigenvalue weighted by Gasteiger charge is 2.02. The van der Waals surface area contributed by atoms with E-state index < -0.39 is 0 Å². The van der Waals surface area contributed by atoms with Crippen molar-refractivity contribution in [2.24, 2.45) is 0 Å². The van der Waals surface area contributed by atoms with Gasteiger partial charge in [-0.25, -0.2) is 5.10 Å². The van der Waals surface area contributed by atoms with E-state index in [0.717, 1.165) is 19.5 Å². The average molecular weight is 212 g/mol. The maximum Gasteiger partial charge on any atom is 0.243 e. The molecule has 0 saturated carbocycles. The normalized spacial score (nSPS) is 11.3. The van der Waals surface area contributed by atoms with Crippen LogP contribution in [0.25, 0.3) is 0 Å². The number of aromatic amines is 1. The Morgan fingerprint density at radius 1 is 1.53 bits per heavy atom. The van der Waals surface area contributed by atoms with Gasteiger partial charge in [-0.3, -0.25) is 0 Å². The van der Waals surface area contributed by atoms with E-state index in [1.165, 1.54) is 0 Å². The zero-order chi connectivity index (χ0) is 11.3. The van der Waals surface area contributed by atoms with Gasteiger partial charge in [-0.05, 0) is 33.9 Å². The molecule has 0 saturated heterocycles. The summed E-state index contributed by atoms with van der Waals surface area (Å²) in [4.78, 5) is 6.25. The second-order valence-electron chi connectivity index (χ2n) is 3.90. The minimum atomic E-state index is 0.344. The molecule has 0 radical (unpaired) electrons. The number of hydrogen-bond acceptors (Lipinski definition) is 5. The van der Waals surface area contributed by atoms with Gasteiger partial charge in [0.2, 0.25) is 11.9 Å². The van der Waals surface area contributed by atoms with Gasteiger partial charge in [-0.2, -0.15) is 4.98 Å². The lowest BCUT2D eigenvalue weighted by molar-refractivity contribution is 0.273. The number of nitrogens with two attached hydrogens (primary N) is 1. The molecule has 1 rings (SSSR count). The van der Waals surface area contributed by atoms with Crippen molar-refractivity contribution in [3.63, 3.8) is 0 Å². The first-order valence-corrected chi connectivity index (χ1v) is 5.21. The molecule has 0 amide bonds. The molecule has 86 valence electrons. The lowest BCUT2D eigenvalue weighted by Crippen LogP contribution is -2.28. The van der Waals surface area contributed by atoms with Crippen LogP contribution in [0.4, 0.5) is 11.9 Å². The van der Waals surface area contributed by atoms with Crippen molar-refractivity contribution in [2.75, 3.05) is 31.2 Å². The van der Waals surface area contributed by atoms with E-state index in [1.807, 2.05) is 0 Å². The van der Waals surface area contributed by atoms with E-state index in [4.69, 9.17) is 5.73 Å². The summed E-state index contributed by atoms with van der Waals surface area (Å²) in [6, 6.07) is 0.587. The predicted molar refractivity (Wildman–Crippen MR) is 61.7 cm³/mol. The number of nitrogens with one attached hydrogen (secondary N) is 2. The fourth-order valence-electron chi connectivity index (χ4n) is 1.14. The predicted octanol–water partition coefficient (Wildman–Crippen LogP) is 0.529. The molecule has 1 aromatic heterocycles. The summed E-state index contributed by atoms with van der Waals surface area (Å²) in [5, 5.41) is 9.56. The molecule has 0 aliphatic rings. The summed E-state index contributed by atoms with van der Waals surface area (Å²) in [6.45, 7) is 6.28. The molecule has 0 aliphatic carbocycles. The molecule has 0 atom stereocenters. The highest BCUT2D eigenvalue weighted by atomic mass is 15.3. The fourth-order valence-corrected chi connectivity index (χ4v) is 1.14. The first-order valence-electron chi connectivity index (χ1n) is 5.21. The van der Waals surface area contributed by atoms with Crippen LogP contribution in [-0.4, -0.2) is 46.3 Å². The molecule has 0 aromatic carbocycles. The topological polar surface area (TPSA) is 82.9 Å². The van der Waals surface area contributed by atoms with E-state index in [-0.39, 0.29) is 0 Å². The van der Waals surface area contributed by atoms with Crippen molar-refractivity contribution in [2.45, 2.75) is 26.3 Å². The SMILES string of the molecule is CC(C)N(C)CCCNc1n[nH]c(N)n1. The number of H-pyrrole nitrogens is 1. The van der Waals surface area contributed by atoms with Crippen LogP contribution in [0, 0.1) is 0 Å². The van der Waals surface area contributed by atoms with Gasteiger partial charge >= 0.3 is 0 Å². The molecule has 0 bridgehead atoms. The molecule has 0 aliphatic heterocycles. The molecule has 1 heterocycles. The van der Waals surface area contributed by atoms with Crippen molar-refractivity contribution in [3.05, 3.63) is 0 Å². The average Bonchev–Trinajstić information content (AvgIpc) is 2.58. The number of hydrogen-bond donors (Lipinski definition) is 3. The Balaban J connectivity index is 2.12. The molecule has 0 spiro atoms. The first-order chi connectivity index (χ1) is 7.09. The summed E-state index contributed by atoms with van der Waals surface area (Å²) < 4.78 is 0. The van der Waals surface area contributed by atoms with E-state index in [9.17, 15) is 0 Å². The third-order valence-corrected chi connectivity index (χ3v) is 2.35. The number of rotatable bonds is 6. The third-order valence-electron chi connectivity index (χ3n) is 2.35. The zero-order valence-electron chi connectivity index (χ0n) is 9.62. The Labute approximate surface area is 90.3 Å². The van der Waals surface area contributed by atoms with Crippen LogP contribution in [0.15, 0.2) is 0 Å². The standard InChI is InChI=1S/C9H20N6/c1-7(2)15(3)6-4-5-11-9-12-8(10)13-14-9/h7H,4-6H2,1-3H3,(H4,10,11,12,13,14). The monoisotopic (exact) mass is 212 g/mol. The Kier molecular flexibility index (Phi) is 4.36. The smallest absolute Gasteiger partial charge is 0.243 e. The van der Waals surface area contributed by atoms with Gasteiger partial charge in [-0.15, -0.1) is 5.10 Å². The van der Waals surface area contributed by atoms with Crippen LogP contribution in [0.2, 0.25) is 0 Å². The van der Waals surface area contributed by atoms with Crippen LogP contribution in [0.1, 0.15) is 20.3 Å². The quantitative estimate of drug-likeness (QED) is 0.599. The lowest BCUT2D eigenvalue weighted by Gasteiger charge is -2.20. The van der Waals surface area contributed by atoms with Crippen LogP contribution in [0.3, 0.4) is 0 Å². The molecule has 6 heteroatoms. The number of nitrogen functional groups attached to an aromatic ring is 1. The zero-order valence-corrected chi connectivity index (χ0v) is 9.62. The second kappa shape index (κ2) is 5.55. The molecule has 15 heavy (non-hydrogen) atoms. The van der Waals surface area contributed by atoms with E-state index in [0.29, 0.717) is 17.9 Å². The molecule has 0 unspecified atom stereocenters.